The first-order valence-electron chi connectivity index (χ1n) is 9.04. The summed E-state index contributed by atoms with van der Waals surface area (Å²) in [7, 11) is 1.77. The monoisotopic (exact) mass is 349 g/mol. The summed E-state index contributed by atoms with van der Waals surface area (Å²) >= 11 is 0. The van der Waals surface area contributed by atoms with Gasteiger partial charge in [0.05, 0.1) is 19.3 Å². The molecule has 2 atom stereocenters. The number of hydrogen-bond acceptors (Lipinski definition) is 4. The Morgan fingerprint density at radius 3 is 3.00 bits per heavy atom. The fourth-order valence-electron chi connectivity index (χ4n) is 2.60. The van der Waals surface area contributed by atoms with Crippen molar-refractivity contribution in [3.05, 3.63) is 29.8 Å². The van der Waals surface area contributed by atoms with Crippen LogP contribution in [0.2, 0.25) is 0 Å². The third kappa shape index (κ3) is 7.75. The number of nitrogens with one attached hydrogen (secondary N) is 2. The molecule has 1 aromatic rings. The van der Waals surface area contributed by atoms with Gasteiger partial charge >= 0.3 is 0 Å². The predicted octanol–water partition coefficient (Wildman–Crippen LogP) is 2.12. The minimum Gasteiger partial charge on any atom is -0.489 e. The highest BCUT2D eigenvalue weighted by Crippen LogP contribution is 2.13. The lowest BCUT2D eigenvalue weighted by atomic mass is 10.2. The molecule has 1 heterocycles. The third-order valence-electron chi connectivity index (χ3n) is 3.96. The van der Waals surface area contributed by atoms with Gasteiger partial charge in [-0.1, -0.05) is 12.1 Å². The van der Waals surface area contributed by atoms with Crippen LogP contribution in [0.15, 0.2) is 29.3 Å². The van der Waals surface area contributed by atoms with E-state index >= 15 is 0 Å². The predicted molar refractivity (Wildman–Crippen MR) is 100 cm³/mol. The Kier molecular flexibility index (Phi) is 8.55. The number of rotatable bonds is 9. The normalized spacial score (nSPS) is 18.8. The van der Waals surface area contributed by atoms with Crippen LogP contribution in [0.4, 0.5) is 0 Å². The van der Waals surface area contributed by atoms with Crippen molar-refractivity contribution in [2.45, 2.75) is 38.9 Å². The van der Waals surface area contributed by atoms with Gasteiger partial charge in [0.15, 0.2) is 5.96 Å². The molecule has 2 unspecified atom stereocenters. The van der Waals surface area contributed by atoms with E-state index in [9.17, 15) is 0 Å². The van der Waals surface area contributed by atoms with Crippen molar-refractivity contribution in [3.8, 4) is 5.75 Å². The fourth-order valence-corrected chi connectivity index (χ4v) is 2.60. The minimum absolute atomic E-state index is 0.0473. The van der Waals surface area contributed by atoms with Crippen LogP contribution in [-0.4, -0.2) is 58.1 Å². The van der Waals surface area contributed by atoms with E-state index in [2.05, 4.69) is 28.6 Å². The van der Waals surface area contributed by atoms with Crippen LogP contribution in [0.1, 0.15) is 25.3 Å². The number of guanidine groups is 1. The molecule has 1 saturated heterocycles. The zero-order valence-corrected chi connectivity index (χ0v) is 15.6. The molecule has 1 aliphatic rings. The van der Waals surface area contributed by atoms with Gasteiger partial charge in [-0.3, -0.25) is 4.99 Å². The second-order valence-electron chi connectivity index (χ2n) is 6.33. The van der Waals surface area contributed by atoms with Crippen LogP contribution in [0.5, 0.6) is 5.75 Å². The smallest absolute Gasteiger partial charge is 0.191 e. The SMILES string of the molecule is CN=C(NCCCOC1CCOC1)NCC(C)Oc1cccc(C)c1. The molecule has 25 heavy (non-hydrogen) atoms. The molecular formula is C19H31N3O3. The molecule has 6 nitrogen and oxygen atoms in total. The quantitative estimate of drug-likeness (QED) is 0.406. The van der Waals surface area contributed by atoms with Crippen molar-refractivity contribution < 1.29 is 14.2 Å². The van der Waals surface area contributed by atoms with Gasteiger partial charge in [-0.05, 0) is 44.4 Å². The highest BCUT2D eigenvalue weighted by atomic mass is 16.5. The molecule has 0 saturated carbocycles. The number of nitrogens with zero attached hydrogens (tertiary/aromatic N) is 1. The van der Waals surface area contributed by atoms with E-state index in [1.807, 2.05) is 25.1 Å². The first-order chi connectivity index (χ1) is 12.2. The average Bonchev–Trinajstić information content (AvgIpc) is 3.10. The standard InChI is InChI=1S/C19H31N3O3/c1-15-6-4-7-17(12-15)25-16(2)13-22-19(20-3)21-9-5-10-24-18-8-11-23-14-18/h4,6-7,12,16,18H,5,8-11,13-14H2,1-3H3,(H2,20,21,22). The van der Waals surface area contributed by atoms with Gasteiger partial charge in [-0.15, -0.1) is 0 Å². The van der Waals surface area contributed by atoms with E-state index in [1.54, 1.807) is 7.05 Å². The average molecular weight is 349 g/mol. The second-order valence-corrected chi connectivity index (χ2v) is 6.33. The van der Waals surface area contributed by atoms with E-state index in [0.29, 0.717) is 6.54 Å². The van der Waals surface area contributed by atoms with Crippen LogP contribution in [0.3, 0.4) is 0 Å². The molecule has 0 amide bonds. The summed E-state index contributed by atoms with van der Waals surface area (Å²) in [6.45, 7) is 7.90. The van der Waals surface area contributed by atoms with Crippen molar-refractivity contribution >= 4 is 5.96 Å². The van der Waals surface area contributed by atoms with Crippen molar-refractivity contribution in [2.24, 2.45) is 4.99 Å². The van der Waals surface area contributed by atoms with Gasteiger partial charge in [-0.2, -0.15) is 0 Å². The Morgan fingerprint density at radius 1 is 1.40 bits per heavy atom. The zero-order chi connectivity index (χ0) is 17.9. The van der Waals surface area contributed by atoms with Gasteiger partial charge in [0.2, 0.25) is 0 Å². The fraction of sp³-hybridized carbons (Fsp3) is 0.632. The topological polar surface area (TPSA) is 64.1 Å². The Bertz CT molecular complexity index is 530. The maximum Gasteiger partial charge on any atom is 0.191 e. The number of benzene rings is 1. The van der Waals surface area contributed by atoms with E-state index < -0.39 is 0 Å². The lowest BCUT2D eigenvalue weighted by Gasteiger charge is -2.18. The molecule has 2 N–H and O–H groups in total. The van der Waals surface area contributed by atoms with Gasteiger partial charge in [0, 0.05) is 26.8 Å². The van der Waals surface area contributed by atoms with Crippen LogP contribution in [-0.2, 0) is 9.47 Å². The van der Waals surface area contributed by atoms with Gasteiger partial charge in [0.25, 0.3) is 0 Å². The summed E-state index contributed by atoms with van der Waals surface area (Å²) in [6.07, 6.45) is 2.27. The van der Waals surface area contributed by atoms with Gasteiger partial charge < -0.3 is 24.8 Å². The summed E-state index contributed by atoms with van der Waals surface area (Å²) in [6, 6.07) is 8.08. The molecule has 1 fully saturated rings. The number of aliphatic imine (C=N–C) groups is 1. The lowest BCUT2D eigenvalue weighted by Crippen LogP contribution is -2.42. The van der Waals surface area contributed by atoms with Crippen LogP contribution in [0.25, 0.3) is 0 Å². The van der Waals surface area contributed by atoms with Crippen molar-refractivity contribution in [1.82, 2.24) is 10.6 Å². The van der Waals surface area contributed by atoms with E-state index in [4.69, 9.17) is 14.2 Å². The summed E-state index contributed by atoms with van der Waals surface area (Å²) in [5.74, 6) is 1.68. The second kappa shape index (κ2) is 10.9. The Balaban J connectivity index is 1.57. The molecule has 0 aromatic heterocycles. The van der Waals surface area contributed by atoms with Crippen molar-refractivity contribution in [3.63, 3.8) is 0 Å². The van der Waals surface area contributed by atoms with Crippen LogP contribution >= 0.6 is 0 Å². The molecule has 0 aliphatic carbocycles. The Labute approximate surface area is 151 Å². The van der Waals surface area contributed by atoms with Gasteiger partial charge in [-0.25, -0.2) is 0 Å². The molecule has 0 spiro atoms. The summed E-state index contributed by atoms with van der Waals surface area (Å²) < 4.78 is 17.0. The molecule has 0 radical (unpaired) electrons. The van der Waals surface area contributed by atoms with Crippen molar-refractivity contribution in [1.29, 1.82) is 0 Å². The number of hydrogen-bond donors (Lipinski definition) is 2. The largest absolute Gasteiger partial charge is 0.489 e. The lowest BCUT2D eigenvalue weighted by molar-refractivity contribution is 0.0420. The number of ether oxygens (including phenoxy) is 3. The highest BCUT2D eigenvalue weighted by Gasteiger charge is 2.15. The summed E-state index contributed by atoms with van der Waals surface area (Å²) in [5.41, 5.74) is 1.20. The highest BCUT2D eigenvalue weighted by molar-refractivity contribution is 5.79. The molecule has 6 heteroatoms. The zero-order valence-electron chi connectivity index (χ0n) is 15.6. The molecule has 1 aromatic carbocycles. The molecule has 2 rings (SSSR count). The third-order valence-corrected chi connectivity index (χ3v) is 3.96. The first kappa shape index (κ1) is 19.5. The minimum atomic E-state index is 0.0473. The maximum absolute atomic E-state index is 5.91. The Morgan fingerprint density at radius 2 is 2.28 bits per heavy atom. The van der Waals surface area contributed by atoms with Crippen molar-refractivity contribution in [2.75, 3.05) is 40.0 Å². The van der Waals surface area contributed by atoms with E-state index in [0.717, 1.165) is 50.9 Å². The summed E-state index contributed by atoms with van der Waals surface area (Å²) in [5, 5.41) is 6.58. The Hall–Kier alpha value is -1.79. The molecule has 1 aliphatic heterocycles. The number of aryl methyl sites for hydroxylation is 1. The van der Waals surface area contributed by atoms with Gasteiger partial charge in [0.1, 0.15) is 11.9 Å². The first-order valence-corrected chi connectivity index (χ1v) is 9.04. The molecular weight excluding hydrogens is 318 g/mol. The van der Waals surface area contributed by atoms with Crippen LogP contribution < -0.4 is 15.4 Å². The molecule has 140 valence electrons. The summed E-state index contributed by atoms with van der Waals surface area (Å²) in [4.78, 5) is 4.23. The van der Waals surface area contributed by atoms with E-state index in [-0.39, 0.29) is 12.2 Å². The molecule has 0 bridgehead atoms. The maximum atomic E-state index is 5.91. The van der Waals surface area contributed by atoms with E-state index in [1.165, 1.54) is 5.56 Å². The van der Waals surface area contributed by atoms with Crippen LogP contribution in [0, 0.1) is 6.92 Å².